The van der Waals surface area contributed by atoms with Crippen LogP contribution in [0.2, 0.25) is 0 Å². The van der Waals surface area contributed by atoms with Crippen molar-refractivity contribution in [2.75, 3.05) is 0 Å². The molecule has 1 unspecified atom stereocenters. The van der Waals surface area contributed by atoms with Crippen molar-refractivity contribution in [3.8, 4) is 10.6 Å². The van der Waals surface area contributed by atoms with E-state index in [1.165, 1.54) is 17.4 Å². The fourth-order valence-electron chi connectivity index (χ4n) is 1.70. The summed E-state index contributed by atoms with van der Waals surface area (Å²) >= 11 is 1.34. The van der Waals surface area contributed by atoms with Gasteiger partial charge in [0.25, 0.3) is 0 Å². The normalized spacial score (nSPS) is 12.8. The molecular formula is C13H14FNOS. The maximum atomic E-state index is 13.8. The van der Waals surface area contributed by atoms with Crippen LogP contribution in [-0.2, 0) is 0 Å². The lowest BCUT2D eigenvalue weighted by Crippen LogP contribution is -1.88. The summed E-state index contributed by atoms with van der Waals surface area (Å²) in [6, 6.07) is 5.08. The van der Waals surface area contributed by atoms with Crippen LogP contribution >= 0.6 is 11.3 Å². The van der Waals surface area contributed by atoms with Crippen LogP contribution in [0.25, 0.3) is 10.6 Å². The third-order valence-corrected chi connectivity index (χ3v) is 3.93. The number of rotatable bonds is 2. The predicted octanol–water partition coefficient (Wildman–Crippen LogP) is 3.62. The van der Waals surface area contributed by atoms with E-state index in [1.807, 2.05) is 19.9 Å². The zero-order valence-corrected chi connectivity index (χ0v) is 10.8. The van der Waals surface area contributed by atoms with Crippen LogP contribution < -0.4 is 0 Å². The van der Waals surface area contributed by atoms with Gasteiger partial charge >= 0.3 is 0 Å². The molecule has 1 heterocycles. The minimum atomic E-state index is -0.560. The van der Waals surface area contributed by atoms with Gasteiger partial charge in [0.05, 0.1) is 16.7 Å². The maximum absolute atomic E-state index is 13.8. The second-order valence-electron chi connectivity index (χ2n) is 4.13. The van der Waals surface area contributed by atoms with Crippen molar-refractivity contribution >= 4 is 11.3 Å². The van der Waals surface area contributed by atoms with Gasteiger partial charge in [0.1, 0.15) is 10.8 Å². The molecule has 1 aromatic carbocycles. The van der Waals surface area contributed by atoms with E-state index in [4.69, 9.17) is 0 Å². The Balaban J connectivity index is 2.50. The molecular weight excluding hydrogens is 237 g/mol. The van der Waals surface area contributed by atoms with Crippen LogP contribution in [0, 0.1) is 19.7 Å². The van der Waals surface area contributed by atoms with Crippen LogP contribution in [0.5, 0.6) is 0 Å². The summed E-state index contributed by atoms with van der Waals surface area (Å²) < 4.78 is 13.8. The first-order chi connectivity index (χ1) is 7.99. The zero-order valence-electron chi connectivity index (χ0n) is 9.99. The highest BCUT2D eigenvalue weighted by Crippen LogP contribution is 2.33. The number of halogens is 1. The molecule has 0 fully saturated rings. The molecule has 2 aromatic rings. The second-order valence-corrected chi connectivity index (χ2v) is 5.16. The maximum Gasteiger partial charge on any atom is 0.133 e. The molecule has 0 aliphatic rings. The van der Waals surface area contributed by atoms with Crippen LogP contribution in [0.4, 0.5) is 4.39 Å². The highest BCUT2D eigenvalue weighted by Gasteiger charge is 2.15. The molecule has 0 saturated heterocycles. The van der Waals surface area contributed by atoms with Crippen LogP contribution in [0.3, 0.4) is 0 Å². The third-order valence-electron chi connectivity index (χ3n) is 2.57. The summed E-state index contributed by atoms with van der Waals surface area (Å²) in [5.41, 5.74) is 2.14. The second kappa shape index (κ2) is 4.55. The van der Waals surface area contributed by atoms with Crippen molar-refractivity contribution in [1.29, 1.82) is 0 Å². The number of aryl methyl sites for hydroxylation is 2. The highest BCUT2D eigenvalue weighted by molar-refractivity contribution is 7.15. The molecule has 0 spiro atoms. The summed E-state index contributed by atoms with van der Waals surface area (Å²) in [7, 11) is 0. The van der Waals surface area contributed by atoms with Crippen LogP contribution in [-0.4, -0.2) is 10.1 Å². The smallest absolute Gasteiger partial charge is 0.133 e. The average Bonchev–Trinajstić information content (AvgIpc) is 2.60. The molecule has 0 saturated carbocycles. The Hall–Kier alpha value is -1.26. The molecule has 90 valence electrons. The Morgan fingerprint density at radius 3 is 2.59 bits per heavy atom. The molecule has 1 aromatic heterocycles. The predicted molar refractivity (Wildman–Crippen MR) is 67.6 cm³/mol. The lowest BCUT2D eigenvalue weighted by Gasteiger charge is -2.00. The lowest BCUT2D eigenvalue weighted by atomic mass is 10.1. The number of hydrogen-bond donors (Lipinski definition) is 1. The van der Waals surface area contributed by atoms with E-state index in [0.29, 0.717) is 10.6 Å². The molecule has 4 heteroatoms. The van der Waals surface area contributed by atoms with Crippen molar-refractivity contribution in [3.05, 3.63) is 40.2 Å². The number of nitrogens with zero attached hydrogens (tertiary/aromatic N) is 1. The quantitative estimate of drug-likeness (QED) is 0.884. The number of benzene rings is 1. The van der Waals surface area contributed by atoms with Crippen molar-refractivity contribution in [3.63, 3.8) is 0 Å². The SMILES string of the molecule is Cc1ccc(-c2nc(C)c(C(C)O)s2)c(F)c1. The lowest BCUT2D eigenvalue weighted by molar-refractivity contribution is 0.202. The van der Waals surface area contributed by atoms with Gasteiger partial charge in [-0.1, -0.05) is 6.07 Å². The largest absolute Gasteiger partial charge is 0.388 e. The van der Waals surface area contributed by atoms with E-state index in [-0.39, 0.29) is 5.82 Å². The number of hydrogen-bond acceptors (Lipinski definition) is 3. The van der Waals surface area contributed by atoms with E-state index in [2.05, 4.69) is 4.98 Å². The Kier molecular flexibility index (Phi) is 3.26. The zero-order chi connectivity index (χ0) is 12.6. The molecule has 0 radical (unpaired) electrons. The van der Waals surface area contributed by atoms with Crippen molar-refractivity contribution < 1.29 is 9.50 Å². The van der Waals surface area contributed by atoms with E-state index in [0.717, 1.165) is 16.1 Å². The third kappa shape index (κ3) is 2.37. The number of aliphatic hydroxyl groups is 1. The topological polar surface area (TPSA) is 33.1 Å². The molecule has 1 atom stereocenters. The molecule has 0 aliphatic heterocycles. The molecule has 1 N–H and O–H groups in total. The number of aromatic nitrogens is 1. The highest BCUT2D eigenvalue weighted by atomic mass is 32.1. The Bertz CT molecular complexity index is 548. The minimum Gasteiger partial charge on any atom is -0.388 e. The fraction of sp³-hybridized carbons (Fsp3) is 0.308. The standard InChI is InChI=1S/C13H14FNOS/c1-7-4-5-10(11(14)6-7)13-15-8(2)12(17-13)9(3)16/h4-6,9,16H,1-3H3. The van der Waals surface area contributed by atoms with E-state index in [9.17, 15) is 9.50 Å². The number of aliphatic hydroxyl groups excluding tert-OH is 1. The van der Waals surface area contributed by atoms with Crippen LogP contribution in [0.1, 0.15) is 29.2 Å². The van der Waals surface area contributed by atoms with Gasteiger partial charge in [-0.15, -0.1) is 11.3 Å². The summed E-state index contributed by atoms with van der Waals surface area (Å²) in [6.07, 6.45) is -0.560. The van der Waals surface area contributed by atoms with Gasteiger partial charge in [-0.2, -0.15) is 0 Å². The van der Waals surface area contributed by atoms with Gasteiger partial charge in [0.15, 0.2) is 0 Å². The van der Waals surface area contributed by atoms with Gasteiger partial charge < -0.3 is 5.11 Å². The van der Waals surface area contributed by atoms with Crippen LogP contribution in [0.15, 0.2) is 18.2 Å². The first-order valence-corrected chi connectivity index (χ1v) is 6.22. The van der Waals surface area contributed by atoms with E-state index >= 15 is 0 Å². The molecule has 0 bridgehead atoms. The number of thiazole rings is 1. The molecule has 2 nitrogen and oxygen atoms in total. The van der Waals surface area contributed by atoms with Gasteiger partial charge in [0.2, 0.25) is 0 Å². The molecule has 17 heavy (non-hydrogen) atoms. The Morgan fingerprint density at radius 2 is 2.06 bits per heavy atom. The van der Waals surface area contributed by atoms with Gasteiger partial charge in [-0.3, -0.25) is 0 Å². The fourth-order valence-corrected chi connectivity index (χ4v) is 2.73. The van der Waals surface area contributed by atoms with Gasteiger partial charge in [-0.25, -0.2) is 9.37 Å². The summed E-state index contributed by atoms with van der Waals surface area (Å²) in [5, 5.41) is 10.2. The Labute approximate surface area is 104 Å². The van der Waals surface area contributed by atoms with Gasteiger partial charge in [0, 0.05) is 5.56 Å². The monoisotopic (exact) mass is 251 g/mol. The van der Waals surface area contributed by atoms with Crippen molar-refractivity contribution in [1.82, 2.24) is 4.98 Å². The summed E-state index contributed by atoms with van der Waals surface area (Å²) in [6.45, 7) is 5.37. The molecule has 2 rings (SSSR count). The molecule has 0 amide bonds. The van der Waals surface area contributed by atoms with Gasteiger partial charge in [-0.05, 0) is 38.5 Å². The minimum absolute atomic E-state index is 0.268. The van der Waals surface area contributed by atoms with E-state index in [1.54, 1.807) is 13.0 Å². The van der Waals surface area contributed by atoms with Crippen molar-refractivity contribution in [2.45, 2.75) is 26.9 Å². The first-order valence-electron chi connectivity index (χ1n) is 5.41. The first kappa shape index (κ1) is 12.2. The van der Waals surface area contributed by atoms with E-state index < -0.39 is 6.10 Å². The van der Waals surface area contributed by atoms with Crippen molar-refractivity contribution in [2.24, 2.45) is 0 Å². The average molecular weight is 251 g/mol. The summed E-state index contributed by atoms with van der Waals surface area (Å²) in [5.74, 6) is -0.268. The Morgan fingerprint density at radius 1 is 1.35 bits per heavy atom. The molecule has 0 aliphatic carbocycles. The summed E-state index contributed by atoms with van der Waals surface area (Å²) in [4.78, 5) is 5.10.